The van der Waals surface area contributed by atoms with Crippen LogP contribution in [0.5, 0.6) is 0 Å². The lowest BCUT2D eigenvalue weighted by Crippen LogP contribution is -2.14. The van der Waals surface area contributed by atoms with Crippen molar-refractivity contribution >= 4 is 44.4 Å². The van der Waals surface area contributed by atoms with E-state index in [2.05, 4.69) is 43.5 Å². The Kier molecular flexibility index (Phi) is 3.45. The highest BCUT2D eigenvalue weighted by atomic mass is 127. The Morgan fingerprint density at radius 3 is 2.92 bits per heavy atom. The van der Waals surface area contributed by atoms with Gasteiger partial charge in [0.15, 0.2) is 0 Å². The Morgan fingerprint density at radius 2 is 2.42 bits per heavy atom. The number of primary amides is 1. The van der Waals surface area contributed by atoms with Gasteiger partial charge in [-0.3, -0.25) is 9.78 Å². The molecule has 2 N–H and O–H groups in total. The van der Waals surface area contributed by atoms with Crippen molar-refractivity contribution in [1.29, 1.82) is 0 Å². The van der Waals surface area contributed by atoms with Crippen molar-refractivity contribution in [2.45, 2.75) is 6.42 Å². The highest BCUT2D eigenvalue weighted by Crippen LogP contribution is 2.17. The van der Waals surface area contributed by atoms with Crippen molar-refractivity contribution in [3.63, 3.8) is 0 Å². The van der Waals surface area contributed by atoms with Crippen LogP contribution in [0.4, 0.5) is 0 Å². The monoisotopic (exact) mass is 340 g/mol. The van der Waals surface area contributed by atoms with Gasteiger partial charge in [-0.15, -0.1) is 0 Å². The summed E-state index contributed by atoms with van der Waals surface area (Å²) in [6.07, 6.45) is 1.88. The number of hydrogen-bond acceptors (Lipinski definition) is 2. The van der Waals surface area contributed by atoms with Crippen LogP contribution in [0.3, 0.4) is 0 Å². The van der Waals surface area contributed by atoms with Gasteiger partial charge in [-0.05, 0) is 44.6 Å². The summed E-state index contributed by atoms with van der Waals surface area (Å²) in [6, 6.07) is 1.89. The SMILES string of the molecule is NC(=O)Cc1ncc(I)cc1Br. The van der Waals surface area contributed by atoms with E-state index >= 15 is 0 Å². The Morgan fingerprint density at radius 1 is 1.75 bits per heavy atom. The van der Waals surface area contributed by atoms with Gasteiger partial charge in [0.2, 0.25) is 5.91 Å². The second kappa shape index (κ2) is 4.18. The third-order valence-corrected chi connectivity index (χ3v) is 2.50. The molecule has 0 radical (unpaired) electrons. The number of amides is 1. The first-order valence-electron chi connectivity index (χ1n) is 3.18. The number of hydrogen-bond donors (Lipinski definition) is 1. The lowest BCUT2D eigenvalue weighted by atomic mass is 10.3. The third-order valence-electron chi connectivity index (χ3n) is 1.23. The zero-order valence-electron chi connectivity index (χ0n) is 6.05. The van der Waals surface area contributed by atoms with E-state index in [1.165, 1.54) is 0 Å². The predicted octanol–water partition coefficient (Wildman–Crippen LogP) is 1.48. The van der Waals surface area contributed by atoms with E-state index in [0.717, 1.165) is 8.04 Å². The van der Waals surface area contributed by atoms with E-state index in [1.807, 2.05) is 6.07 Å². The molecule has 0 aliphatic heterocycles. The largest absolute Gasteiger partial charge is 0.369 e. The number of pyridine rings is 1. The van der Waals surface area contributed by atoms with Crippen LogP contribution in [-0.2, 0) is 11.2 Å². The number of carbonyl (C=O) groups is 1. The second-order valence-electron chi connectivity index (χ2n) is 2.23. The van der Waals surface area contributed by atoms with Crippen molar-refractivity contribution in [3.8, 4) is 0 Å². The maximum atomic E-state index is 10.6. The topological polar surface area (TPSA) is 56.0 Å². The standard InChI is InChI=1S/C7H6BrIN2O/c8-5-1-4(9)3-11-6(5)2-7(10)12/h1,3H,2H2,(H2,10,12). The van der Waals surface area contributed by atoms with Crippen LogP contribution in [0.2, 0.25) is 0 Å². The molecule has 0 bridgehead atoms. The number of carbonyl (C=O) groups excluding carboxylic acids is 1. The van der Waals surface area contributed by atoms with E-state index in [0.29, 0.717) is 5.69 Å². The zero-order valence-corrected chi connectivity index (χ0v) is 9.79. The van der Waals surface area contributed by atoms with Gasteiger partial charge in [-0.25, -0.2) is 0 Å². The number of halogens is 2. The molecular weight excluding hydrogens is 335 g/mol. The molecule has 0 atom stereocenters. The van der Waals surface area contributed by atoms with Gasteiger partial charge in [0.05, 0.1) is 12.1 Å². The lowest BCUT2D eigenvalue weighted by Gasteiger charge is -2.00. The zero-order chi connectivity index (χ0) is 9.14. The van der Waals surface area contributed by atoms with Crippen molar-refractivity contribution in [2.75, 3.05) is 0 Å². The first-order valence-corrected chi connectivity index (χ1v) is 5.05. The molecule has 1 aromatic heterocycles. The highest BCUT2D eigenvalue weighted by molar-refractivity contribution is 14.1. The van der Waals surface area contributed by atoms with Crippen LogP contribution < -0.4 is 5.73 Å². The molecule has 0 aliphatic rings. The minimum Gasteiger partial charge on any atom is -0.369 e. The summed E-state index contributed by atoms with van der Waals surface area (Å²) in [7, 11) is 0. The van der Waals surface area contributed by atoms with E-state index < -0.39 is 0 Å². The van der Waals surface area contributed by atoms with Gasteiger partial charge in [0, 0.05) is 14.2 Å². The maximum absolute atomic E-state index is 10.6. The molecule has 0 aliphatic carbocycles. The summed E-state index contributed by atoms with van der Waals surface area (Å²) in [5, 5.41) is 0. The summed E-state index contributed by atoms with van der Waals surface area (Å²) in [5.74, 6) is -0.371. The number of nitrogens with zero attached hydrogens (tertiary/aromatic N) is 1. The molecule has 1 aromatic rings. The van der Waals surface area contributed by atoms with Crippen LogP contribution in [0.25, 0.3) is 0 Å². The molecule has 0 unspecified atom stereocenters. The molecule has 0 saturated carbocycles. The average Bonchev–Trinajstić information content (AvgIpc) is 1.94. The van der Waals surface area contributed by atoms with Gasteiger partial charge in [-0.1, -0.05) is 0 Å². The molecule has 0 aromatic carbocycles. The molecule has 0 fully saturated rings. The minimum atomic E-state index is -0.371. The summed E-state index contributed by atoms with van der Waals surface area (Å²) < 4.78 is 1.85. The van der Waals surface area contributed by atoms with Crippen LogP contribution in [0.15, 0.2) is 16.7 Å². The molecule has 12 heavy (non-hydrogen) atoms. The Hall–Kier alpha value is -0.170. The lowest BCUT2D eigenvalue weighted by molar-refractivity contribution is -0.117. The molecule has 0 saturated heterocycles. The number of aromatic nitrogens is 1. The van der Waals surface area contributed by atoms with Gasteiger partial charge in [0.1, 0.15) is 0 Å². The van der Waals surface area contributed by atoms with Gasteiger partial charge in [0.25, 0.3) is 0 Å². The minimum absolute atomic E-state index is 0.178. The quantitative estimate of drug-likeness (QED) is 0.829. The second-order valence-corrected chi connectivity index (χ2v) is 4.33. The summed E-state index contributed by atoms with van der Waals surface area (Å²) in [4.78, 5) is 14.6. The van der Waals surface area contributed by atoms with Crippen molar-refractivity contribution in [2.24, 2.45) is 5.73 Å². The Bertz CT molecular complexity index is 316. The van der Waals surface area contributed by atoms with Crippen LogP contribution in [-0.4, -0.2) is 10.9 Å². The van der Waals surface area contributed by atoms with Gasteiger partial charge in [-0.2, -0.15) is 0 Å². The van der Waals surface area contributed by atoms with Gasteiger partial charge < -0.3 is 5.73 Å². The first kappa shape index (κ1) is 9.91. The van der Waals surface area contributed by atoms with E-state index in [-0.39, 0.29) is 12.3 Å². The van der Waals surface area contributed by atoms with Crippen LogP contribution in [0, 0.1) is 3.57 Å². The molecule has 3 nitrogen and oxygen atoms in total. The number of rotatable bonds is 2. The van der Waals surface area contributed by atoms with Crippen molar-refractivity contribution in [1.82, 2.24) is 4.98 Å². The number of nitrogens with two attached hydrogens (primary N) is 1. The summed E-state index contributed by atoms with van der Waals surface area (Å²) >= 11 is 5.45. The summed E-state index contributed by atoms with van der Waals surface area (Å²) in [6.45, 7) is 0. The Labute approximate surface area is 92.0 Å². The van der Waals surface area contributed by atoms with Crippen molar-refractivity contribution < 1.29 is 4.79 Å². The molecule has 64 valence electrons. The maximum Gasteiger partial charge on any atom is 0.223 e. The van der Waals surface area contributed by atoms with Crippen molar-refractivity contribution in [3.05, 3.63) is 26.0 Å². The molecule has 1 heterocycles. The normalized spacial score (nSPS) is 9.83. The van der Waals surface area contributed by atoms with Crippen LogP contribution in [0.1, 0.15) is 5.69 Å². The Balaban J connectivity index is 2.93. The fourth-order valence-corrected chi connectivity index (χ4v) is 2.11. The van der Waals surface area contributed by atoms with E-state index in [9.17, 15) is 4.79 Å². The fraction of sp³-hybridized carbons (Fsp3) is 0.143. The van der Waals surface area contributed by atoms with E-state index in [4.69, 9.17) is 5.73 Å². The van der Waals surface area contributed by atoms with E-state index in [1.54, 1.807) is 6.20 Å². The van der Waals surface area contributed by atoms with Gasteiger partial charge >= 0.3 is 0 Å². The fourth-order valence-electron chi connectivity index (χ4n) is 0.738. The smallest absolute Gasteiger partial charge is 0.223 e. The third kappa shape index (κ3) is 2.71. The average molecular weight is 341 g/mol. The highest BCUT2D eigenvalue weighted by Gasteiger charge is 2.04. The molecule has 1 rings (SSSR count). The van der Waals surface area contributed by atoms with Crippen LogP contribution >= 0.6 is 38.5 Å². The molecule has 0 spiro atoms. The predicted molar refractivity (Wildman–Crippen MR) is 57.6 cm³/mol. The first-order chi connectivity index (χ1) is 5.59. The molecule has 1 amide bonds. The molecule has 5 heteroatoms. The molecular formula is C7H6BrIN2O. The summed E-state index contributed by atoms with van der Waals surface area (Å²) in [5.41, 5.74) is 5.71.